The summed E-state index contributed by atoms with van der Waals surface area (Å²) in [4.78, 5) is 4.60. The topological polar surface area (TPSA) is 50.9 Å². The second kappa shape index (κ2) is 5.59. The van der Waals surface area contributed by atoms with E-state index in [1.807, 2.05) is 12.1 Å². The van der Waals surface area contributed by atoms with Gasteiger partial charge in [0.2, 0.25) is 0 Å². The number of aromatic nitrogens is 1. The maximum absolute atomic E-state index is 5.74. The molecule has 0 radical (unpaired) electrons. The number of nitrogens with two attached hydrogens (primary N) is 1. The van der Waals surface area contributed by atoms with Crippen LogP contribution < -0.4 is 11.1 Å². The molecule has 1 aliphatic rings. The highest BCUT2D eigenvalue weighted by Gasteiger charge is 2.20. The largest absolute Gasteiger partial charge is 0.388 e. The number of hydrogen-bond acceptors (Lipinski definition) is 3. The number of nitrogens with one attached hydrogen (secondary N) is 1. The van der Waals surface area contributed by atoms with Crippen molar-refractivity contribution in [3.05, 3.63) is 59.4 Å². The van der Waals surface area contributed by atoms with Crippen molar-refractivity contribution in [2.24, 2.45) is 5.73 Å². The smallest absolute Gasteiger partial charge is 0.124 e. The Morgan fingerprint density at radius 3 is 2.95 bits per heavy atom. The van der Waals surface area contributed by atoms with Crippen LogP contribution in [0.1, 0.15) is 35.7 Å². The molecule has 1 aliphatic carbocycles. The molecule has 20 heavy (non-hydrogen) atoms. The van der Waals surface area contributed by atoms with Crippen LogP contribution >= 0.6 is 12.2 Å². The highest BCUT2D eigenvalue weighted by Crippen LogP contribution is 2.32. The summed E-state index contributed by atoms with van der Waals surface area (Å²) in [6.45, 7) is 0. The highest BCUT2D eigenvalue weighted by atomic mass is 32.1. The van der Waals surface area contributed by atoms with E-state index in [-0.39, 0.29) is 0 Å². The van der Waals surface area contributed by atoms with Gasteiger partial charge in [0.1, 0.15) is 10.7 Å². The lowest BCUT2D eigenvalue weighted by atomic mass is 9.87. The van der Waals surface area contributed by atoms with Crippen LogP contribution in [0.5, 0.6) is 0 Å². The number of fused-ring (bicyclic) bond motifs is 1. The van der Waals surface area contributed by atoms with Crippen LogP contribution in [-0.2, 0) is 6.42 Å². The Bertz CT molecular complexity index is 639. The lowest BCUT2D eigenvalue weighted by molar-refractivity contribution is 0.600. The molecule has 3 N–H and O–H groups in total. The highest BCUT2D eigenvalue weighted by molar-refractivity contribution is 7.80. The van der Waals surface area contributed by atoms with Crippen molar-refractivity contribution in [3.8, 4) is 0 Å². The fraction of sp³-hybridized carbons (Fsp3) is 0.250. The van der Waals surface area contributed by atoms with Crippen molar-refractivity contribution in [2.45, 2.75) is 25.3 Å². The first-order valence-electron chi connectivity index (χ1n) is 6.85. The van der Waals surface area contributed by atoms with Gasteiger partial charge in [-0.3, -0.25) is 4.98 Å². The van der Waals surface area contributed by atoms with Gasteiger partial charge in [0.15, 0.2) is 0 Å². The first kappa shape index (κ1) is 13.1. The van der Waals surface area contributed by atoms with Crippen LogP contribution in [0.15, 0.2) is 42.6 Å². The van der Waals surface area contributed by atoms with Gasteiger partial charge in [-0.2, -0.15) is 0 Å². The molecule has 0 aliphatic heterocycles. The molecule has 4 heteroatoms. The summed E-state index contributed by atoms with van der Waals surface area (Å²) in [6.07, 6.45) is 5.18. The van der Waals surface area contributed by atoms with E-state index in [1.54, 1.807) is 6.20 Å². The number of nitrogens with zero attached hydrogens (tertiary/aromatic N) is 1. The average Bonchev–Trinajstić information content (AvgIpc) is 2.48. The maximum atomic E-state index is 5.74. The number of benzene rings is 1. The van der Waals surface area contributed by atoms with Gasteiger partial charge < -0.3 is 11.1 Å². The third kappa shape index (κ3) is 2.51. The third-order valence-electron chi connectivity index (χ3n) is 3.74. The van der Waals surface area contributed by atoms with Crippen molar-refractivity contribution in [2.75, 3.05) is 5.32 Å². The van der Waals surface area contributed by atoms with Crippen LogP contribution in [0.4, 0.5) is 5.69 Å². The molecule has 1 aromatic heterocycles. The minimum absolute atomic E-state index is 0.303. The van der Waals surface area contributed by atoms with Crippen molar-refractivity contribution >= 4 is 22.9 Å². The fourth-order valence-corrected chi connectivity index (χ4v) is 2.97. The molecule has 0 amide bonds. The predicted octanol–water partition coefficient (Wildman–Crippen LogP) is 3.21. The summed E-state index contributed by atoms with van der Waals surface area (Å²) < 4.78 is 0. The van der Waals surface area contributed by atoms with Crippen LogP contribution in [-0.4, -0.2) is 9.97 Å². The first-order chi connectivity index (χ1) is 9.75. The van der Waals surface area contributed by atoms with E-state index in [0.29, 0.717) is 16.7 Å². The first-order valence-corrected chi connectivity index (χ1v) is 7.25. The van der Waals surface area contributed by atoms with E-state index in [9.17, 15) is 0 Å². The van der Waals surface area contributed by atoms with E-state index in [4.69, 9.17) is 18.0 Å². The summed E-state index contributed by atoms with van der Waals surface area (Å²) in [5, 5.41) is 3.56. The normalized spacial score (nSPS) is 17.3. The molecule has 3 rings (SSSR count). The van der Waals surface area contributed by atoms with Crippen molar-refractivity contribution in [3.63, 3.8) is 0 Å². The lowest BCUT2D eigenvalue weighted by Gasteiger charge is -2.27. The monoisotopic (exact) mass is 283 g/mol. The minimum Gasteiger partial charge on any atom is -0.388 e. The van der Waals surface area contributed by atoms with Gasteiger partial charge in [0, 0.05) is 6.20 Å². The van der Waals surface area contributed by atoms with E-state index >= 15 is 0 Å². The fourth-order valence-electron chi connectivity index (χ4n) is 2.81. The molecule has 0 bridgehead atoms. The summed E-state index contributed by atoms with van der Waals surface area (Å²) in [6, 6.07) is 12.8. The van der Waals surface area contributed by atoms with Gasteiger partial charge in [0.05, 0.1) is 11.7 Å². The molecular formula is C16H17N3S. The molecule has 0 saturated carbocycles. The summed E-state index contributed by atoms with van der Waals surface area (Å²) in [7, 11) is 0. The Balaban J connectivity index is 1.92. The van der Waals surface area contributed by atoms with Crippen LogP contribution in [0, 0.1) is 0 Å². The molecule has 0 spiro atoms. The molecule has 2 aromatic rings. The zero-order chi connectivity index (χ0) is 13.9. The quantitative estimate of drug-likeness (QED) is 0.849. The molecular weight excluding hydrogens is 266 g/mol. The van der Waals surface area contributed by atoms with Gasteiger partial charge in [0.25, 0.3) is 0 Å². The van der Waals surface area contributed by atoms with Gasteiger partial charge in [-0.15, -0.1) is 0 Å². The minimum atomic E-state index is 0.303. The molecule has 3 nitrogen and oxygen atoms in total. The number of pyridine rings is 1. The molecule has 0 fully saturated rings. The number of aryl methyl sites for hydroxylation is 1. The van der Waals surface area contributed by atoms with Crippen LogP contribution in [0.3, 0.4) is 0 Å². The van der Waals surface area contributed by atoms with Gasteiger partial charge in [-0.25, -0.2) is 0 Å². The Labute approximate surface area is 124 Å². The molecule has 1 unspecified atom stereocenters. The number of thiocarbonyl (C=S) groups is 1. The SMILES string of the molecule is NC(=S)c1ncccc1NC1CCCc2ccccc21. The van der Waals surface area contributed by atoms with Gasteiger partial charge in [-0.1, -0.05) is 36.5 Å². The molecule has 1 heterocycles. The molecule has 102 valence electrons. The van der Waals surface area contributed by atoms with Crippen molar-refractivity contribution < 1.29 is 0 Å². The van der Waals surface area contributed by atoms with Crippen LogP contribution in [0.25, 0.3) is 0 Å². The number of anilines is 1. The molecule has 1 aromatic carbocycles. The standard InChI is InChI=1S/C16H17N3S/c17-16(20)15-14(9-4-10-18-15)19-13-8-3-6-11-5-1-2-7-12(11)13/h1-2,4-5,7,9-10,13,19H,3,6,8H2,(H2,17,20). The van der Waals surface area contributed by atoms with Gasteiger partial charge >= 0.3 is 0 Å². The van der Waals surface area contributed by atoms with E-state index in [0.717, 1.165) is 18.5 Å². The second-order valence-electron chi connectivity index (χ2n) is 5.05. The third-order valence-corrected chi connectivity index (χ3v) is 3.93. The van der Waals surface area contributed by atoms with Gasteiger partial charge in [-0.05, 0) is 42.5 Å². The maximum Gasteiger partial charge on any atom is 0.124 e. The Morgan fingerprint density at radius 1 is 1.25 bits per heavy atom. The van der Waals surface area contributed by atoms with E-state index in [1.165, 1.54) is 17.5 Å². The predicted molar refractivity (Wildman–Crippen MR) is 85.9 cm³/mol. The molecule has 0 saturated heterocycles. The van der Waals surface area contributed by atoms with Crippen molar-refractivity contribution in [1.82, 2.24) is 4.98 Å². The van der Waals surface area contributed by atoms with E-state index < -0.39 is 0 Å². The lowest BCUT2D eigenvalue weighted by Crippen LogP contribution is -2.20. The Hall–Kier alpha value is -1.94. The zero-order valence-corrected chi connectivity index (χ0v) is 12.0. The average molecular weight is 283 g/mol. The Kier molecular flexibility index (Phi) is 3.65. The zero-order valence-electron chi connectivity index (χ0n) is 11.2. The van der Waals surface area contributed by atoms with Crippen LogP contribution in [0.2, 0.25) is 0 Å². The number of hydrogen-bond donors (Lipinski definition) is 2. The Morgan fingerprint density at radius 2 is 2.10 bits per heavy atom. The summed E-state index contributed by atoms with van der Waals surface area (Å²) in [5.41, 5.74) is 10.1. The summed E-state index contributed by atoms with van der Waals surface area (Å²) in [5.74, 6) is 0. The number of rotatable bonds is 3. The second-order valence-corrected chi connectivity index (χ2v) is 5.49. The van der Waals surface area contributed by atoms with E-state index in [2.05, 4.69) is 34.6 Å². The molecule has 1 atom stereocenters. The summed E-state index contributed by atoms with van der Waals surface area (Å²) >= 11 is 5.07. The van der Waals surface area contributed by atoms with Crippen molar-refractivity contribution in [1.29, 1.82) is 0 Å².